The summed E-state index contributed by atoms with van der Waals surface area (Å²) in [5.74, 6) is 0. The van der Waals surface area contributed by atoms with Crippen molar-refractivity contribution < 1.29 is 4.42 Å². The van der Waals surface area contributed by atoms with Gasteiger partial charge in [-0.15, -0.1) is 11.3 Å². The minimum atomic E-state index is 0.901. The summed E-state index contributed by atoms with van der Waals surface area (Å²) in [6, 6.07) is 84.1. The molecule has 0 saturated heterocycles. The van der Waals surface area contributed by atoms with Crippen molar-refractivity contribution in [1.29, 1.82) is 0 Å². The average Bonchev–Trinajstić information content (AvgIpc) is 4.06. The molecule has 0 unspecified atom stereocenters. The molecule has 0 spiro atoms. The second-order valence-corrected chi connectivity index (χ2v) is 18.2. The monoisotopic (exact) mass is 858 g/mol. The van der Waals surface area contributed by atoms with Crippen LogP contribution >= 0.6 is 11.3 Å². The fraction of sp³-hybridized carbons (Fsp3) is 0. The highest BCUT2D eigenvalue weighted by molar-refractivity contribution is 7.26. The van der Waals surface area contributed by atoms with E-state index in [2.05, 4.69) is 234 Å². The molecule has 14 aromatic rings. The Morgan fingerprint density at radius 3 is 1.79 bits per heavy atom. The summed E-state index contributed by atoms with van der Waals surface area (Å²) >= 11 is 1.88. The van der Waals surface area contributed by atoms with Crippen LogP contribution in [0.5, 0.6) is 0 Å². The van der Waals surface area contributed by atoms with Crippen LogP contribution in [0.4, 0.5) is 17.1 Å². The molecule has 4 heteroatoms. The molecular formula is C62H38N2OS. The number of aromatic nitrogens is 1. The van der Waals surface area contributed by atoms with Gasteiger partial charge in [-0.1, -0.05) is 170 Å². The third-order valence-electron chi connectivity index (χ3n) is 13.6. The van der Waals surface area contributed by atoms with Crippen molar-refractivity contribution in [1.82, 2.24) is 4.57 Å². The Hall–Kier alpha value is -8.44. The van der Waals surface area contributed by atoms with Crippen LogP contribution in [0.25, 0.3) is 113 Å². The van der Waals surface area contributed by atoms with Crippen molar-refractivity contribution in [2.45, 2.75) is 0 Å². The van der Waals surface area contributed by atoms with E-state index in [1.165, 1.54) is 74.6 Å². The van der Waals surface area contributed by atoms with Crippen molar-refractivity contribution >= 4 is 114 Å². The number of nitrogens with zero attached hydrogens (tertiary/aromatic N) is 2. The Kier molecular flexibility index (Phi) is 8.15. The van der Waals surface area contributed by atoms with Crippen LogP contribution in [-0.2, 0) is 0 Å². The molecule has 0 aliphatic carbocycles. The molecule has 11 aromatic carbocycles. The van der Waals surface area contributed by atoms with Crippen LogP contribution in [0.3, 0.4) is 0 Å². The van der Waals surface area contributed by atoms with E-state index in [1.807, 2.05) is 17.4 Å². The van der Waals surface area contributed by atoms with Crippen LogP contribution in [-0.4, -0.2) is 4.57 Å². The second-order valence-electron chi connectivity index (χ2n) is 17.2. The van der Waals surface area contributed by atoms with Crippen molar-refractivity contribution in [3.8, 4) is 27.9 Å². The van der Waals surface area contributed by atoms with E-state index in [1.54, 1.807) is 0 Å². The summed E-state index contributed by atoms with van der Waals surface area (Å²) in [4.78, 5) is 2.48. The maximum Gasteiger partial charge on any atom is 0.143 e. The lowest BCUT2D eigenvalue weighted by molar-refractivity contribution is 0.670. The first kappa shape index (κ1) is 37.0. The molecule has 0 aliphatic rings. The molecule has 3 heterocycles. The lowest BCUT2D eigenvalue weighted by Gasteiger charge is -2.29. The number of benzene rings is 11. The van der Waals surface area contributed by atoms with Crippen molar-refractivity contribution in [2.75, 3.05) is 4.90 Å². The topological polar surface area (TPSA) is 21.3 Å². The predicted octanol–water partition coefficient (Wildman–Crippen LogP) is 18.2. The van der Waals surface area contributed by atoms with E-state index in [9.17, 15) is 0 Å². The van der Waals surface area contributed by atoms with Crippen LogP contribution in [0.2, 0.25) is 0 Å². The minimum Gasteiger partial charge on any atom is -0.455 e. The van der Waals surface area contributed by atoms with E-state index < -0.39 is 0 Å². The van der Waals surface area contributed by atoms with Gasteiger partial charge in [-0.05, 0) is 82.4 Å². The summed E-state index contributed by atoms with van der Waals surface area (Å²) in [7, 11) is 0. The Morgan fingerprint density at radius 1 is 0.379 bits per heavy atom. The largest absolute Gasteiger partial charge is 0.455 e. The second kappa shape index (κ2) is 14.5. The fourth-order valence-corrected chi connectivity index (χ4v) is 11.8. The molecule has 0 N–H and O–H groups in total. The first-order valence-electron chi connectivity index (χ1n) is 22.5. The highest BCUT2D eigenvalue weighted by Crippen LogP contribution is 2.49. The normalized spacial score (nSPS) is 11.9. The van der Waals surface area contributed by atoms with Gasteiger partial charge in [0.2, 0.25) is 0 Å². The number of anilines is 3. The Balaban J connectivity index is 1.05. The van der Waals surface area contributed by atoms with Gasteiger partial charge in [-0.2, -0.15) is 0 Å². The molecule has 0 aliphatic heterocycles. The van der Waals surface area contributed by atoms with E-state index >= 15 is 0 Å². The van der Waals surface area contributed by atoms with Gasteiger partial charge in [0.15, 0.2) is 0 Å². The van der Waals surface area contributed by atoms with Gasteiger partial charge in [0.25, 0.3) is 0 Å². The highest BCUT2D eigenvalue weighted by atomic mass is 32.1. The van der Waals surface area contributed by atoms with Crippen LogP contribution in [0.1, 0.15) is 0 Å². The number of fused-ring (bicyclic) bond motifs is 12. The van der Waals surface area contributed by atoms with Gasteiger partial charge in [0, 0.05) is 75.2 Å². The summed E-state index contributed by atoms with van der Waals surface area (Å²) in [5, 5.41) is 12.1. The Morgan fingerprint density at radius 2 is 0.985 bits per heavy atom. The SMILES string of the molecule is c1ccc(-n2c3ccccc3c3ccccc32)c(-c2cc(N(c3ccc(-c4cccc5c4oc4ccccc45)cc3)c3cc4ccccc4c4ccccc34)cc3c2sc2ccccc23)c1. The number of hydrogen-bond acceptors (Lipinski definition) is 3. The molecule has 0 bridgehead atoms. The van der Waals surface area contributed by atoms with Gasteiger partial charge >= 0.3 is 0 Å². The zero-order valence-corrected chi connectivity index (χ0v) is 36.5. The standard InChI is InChI=1S/C62H38N2OS/c1-2-17-43-40(16-1)36-58(46-19-4-3-18-45(43)46)63(41-34-32-39(33-35-41)44-25-15-26-52-50-23-8-13-30-59(50)65-61(44)52)42-37-53(62-54(38-42)51-24-9-14-31-60(51)66-62)49-22-7-12-29-57(49)64-55-27-10-5-20-47(55)48-21-6-11-28-56(48)64/h1-38H. The maximum atomic E-state index is 6.54. The van der Waals surface area contributed by atoms with Gasteiger partial charge in [0.05, 0.1) is 22.4 Å². The zero-order chi connectivity index (χ0) is 43.3. The lowest BCUT2D eigenvalue weighted by atomic mass is 9.96. The first-order valence-corrected chi connectivity index (χ1v) is 23.3. The molecule has 0 saturated carbocycles. The van der Waals surface area contributed by atoms with E-state index in [4.69, 9.17) is 4.42 Å². The third kappa shape index (κ3) is 5.55. The molecule has 308 valence electrons. The van der Waals surface area contributed by atoms with Crippen LogP contribution in [0.15, 0.2) is 235 Å². The smallest absolute Gasteiger partial charge is 0.143 e. The quantitative estimate of drug-likeness (QED) is 0.155. The number of hydrogen-bond donors (Lipinski definition) is 0. The molecule has 3 aromatic heterocycles. The van der Waals surface area contributed by atoms with Crippen LogP contribution in [0, 0.1) is 0 Å². The summed E-state index contributed by atoms with van der Waals surface area (Å²) in [6.07, 6.45) is 0. The Labute approximate surface area is 384 Å². The molecular weight excluding hydrogens is 821 g/mol. The van der Waals surface area contributed by atoms with Crippen molar-refractivity contribution in [2.24, 2.45) is 0 Å². The van der Waals surface area contributed by atoms with Crippen molar-refractivity contribution in [3.05, 3.63) is 231 Å². The maximum absolute atomic E-state index is 6.54. The molecule has 0 fully saturated rings. The third-order valence-corrected chi connectivity index (χ3v) is 14.8. The molecule has 14 rings (SSSR count). The number of para-hydroxylation sites is 5. The molecule has 3 nitrogen and oxygen atoms in total. The van der Waals surface area contributed by atoms with Gasteiger partial charge in [0.1, 0.15) is 11.2 Å². The highest BCUT2D eigenvalue weighted by Gasteiger charge is 2.24. The number of thiophene rings is 1. The molecule has 0 atom stereocenters. The zero-order valence-electron chi connectivity index (χ0n) is 35.7. The number of rotatable bonds is 6. The minimum absolute atomic E-state index is 0.901. The number of furan rings is 1. The predicted molar refractivity (Wildman–Crippen MR) is 282 cm³/mol. The van der Waals surface area contributed by atoms with E-state index in [0.29, 0.717) is 0 Å². The fourth-order valence-electron chi connectivity index (χ4n) is 10.6. The van der Waals surface area contributed by atoms with Crippen molar-refractivity contribution in [3.63, 3.8) is 0 Å². The molecule has 0 radical (unpaired) electrons. The van der Waals surface area contributed by atoms with E-state index in [-0.39, 0.29) is 0 Å². The van der Waals surface area contributed by atoms with Gasteiger partial charge < -0.3 is 13.9 Å². The van der Waals surface area contributed by atoms with Gasteiger partial charge in [-0.3, -0.25) is 0 Å². The van der Waals surface area contributed by atoms with Gasteiger partial charge in [-0.25, -0.2) is 0 Å². The van der Waals surface area contributed by atoms with E-state index in [0.717, 1.165) is 55.8 Å². The van der Waals surface area contributed by atoms with Crippen LogP contribution < -0.4 is 4.90 Å². The molecule has 0 amide bonds. The first-order chi connectivity index (χ1) is 32.7. The molecule has 66 heavy (non-hydrogen) atoms. The average molecular weight is 859 g/mol. The summed E-state index contributed by atoms with van der Waals surface area (Å²) in [5.41, 5.74) is 13.2. The summed E-state index contributed by atoms with van der Waals surface area (Å²) < 4.78 is 11.5. The Bertz CT molecular complexity index is 4190. The lowest BCUT2D eigenvalue weighted by Crippen LogP contribution is -2.11. The summed E-state index contributed by atoms with van der Waals surface area (Å²) in [6.45, 7) is 0.